The monoisotopic (exact) mass is 407 g/mol. The summed E-state index contributed by atoms with van der Waals surface area (Å²) >= 11 is 0. The Balaban J connectivity index is 1.44. The van der Waals surface area contributed by atoms with Gasteiger partial charge in [0, 0.05) is 37.1 Å². The van der Waals surface area contributed by atoms with Gasteiger partial charge in [0.25, 0.3) is 5.91 Å². The van der Waals surface area contributed by atoms with Crippen LogP contribution in [0.3, 0.4) is 0 Å². The summed E-state index contributed by atoms with van der Waals surface area (Å²) in [6, 6.07) is 14.3. The minimum absolute atomic E-state index is 0.00801. The van der Waals surface area contributed by atoms with Crippen molar-refractivity contribution in [1.29, 1.82) is 0 Å². The number of carbonyl (C=O) groups excluding carboxylic acids is 2. The first-order chi connectivity index (χ1) is 14.2. The zero-order valence-corrected chi connectivity index (χ0v) is 18.1. The summed E-state index contributed by atoms with van der Waals surface area (Å²) < 4.78 is 5.47. The zero-order valence-electron chi connectivity index (χ0n) is 18.1. The van der Waals surface area contributed by atoms with E-state index in [1.54, 1.807) is 11.9 Å². The highest BCUT2D eigenvalue weighted by molar-refractivity contribution is 6.09. The maximum absolute atomic E-state index is 13.1. The largest absolute Gasteiger partial charge is 0.444 e. The summed E-state index contributed by atoms with van der Waals surface area (Å²) in [5.41, 5.74) is 1.07. The second-order valence-corrected chi connectivity index (χ2v) is 9.05. The molecule has 158 valence electrons. The number of nitrogens with zero attached hydrogens (tertiary/aromatic N) is 2. The standard InChI is InChI=1S/C24H29N3O3/c1-24(2,3)30-23(29)26(4)17-11-13-27(14-12-17)22(28)21-15-19-18-8-6-5-7-16(18)9-10-20(19)25-21/h5-10,15,17,25H,11-14H2,1-4H3. The molecule has 2 aromatic carbocycles. The first-order valence-electron chi connectivity index (χ1n) is 10.5. The van der Waals surface area contributed by atoms with E-state index in [0.717, 1.165) is 34.5 Å². The molecule has 2 amide bonds. The summed E-state index contributed by atoms with van der Waals surface area (Å²) in [5, 5.41) is 3.37. The molecule has 1 aliphatic heterocycles. The van der Waals surface area contributed by atoms with Crippen LogP contribution in [0.5, 0.6) is 0 Å². The molecule has 0 unspecified atom stereocenters. The molecule has 0 bridgehead atoms. The lowest BCUT2D eigenvalue weighted by Crippen LogP contribution is -2.48. The van der Waals surface area contributed by atoms with E-state index < -0.39 is 5.60 Å². The predicted molar refractivity (Wildman–Crippen MR) is 119 cm³/mol. The normalized spacial score (nSPS) is 15.5. The molecular weight excluding hydrogens is 378 g/mol. The van der Waals surface area contributed by atoms with E-state index in [1.165, 1.54) is 0 Å². The topological polar surface area (TPSA) is 65.6 Å². The number of benzene rings is 2. The SMILES string of the molecule is CN(C(=O)OC(C)(C)C)C1CCN(C(=O)c2cc3c(ccc4ccccc43)[nH]2)CC1. The second kappa shape index (κ2) is 7.67. The first kappa shape index (κ1) is 20.3. The highest BCUT2D eigenvalue weighted by atomic mass is 16.6. The lowest BCUT2D eigenvalue weighted by molar-refractivity contribution is 0.0155. The fourth-order valence-corrected chi connectivity index (χ4v) is 4.11. The van der Waals surface area contributed by atoms with Gasteiger partial charge in [-0.25, -0.2) is 4.79 Å². The van der Waals surface area contributed by atoms with Crippen LogP contribution in [0.15, 0.2) is 42.5 Å². The summed E-state index contributed by atoms with van der Waals surface area (Å²) in [6.07, 6.45) is 1.17. The molecule has 0 saturated carbocycles. The second-order valence-electron chi connectivity index (χ2n) is 9.05. The fraction of sp³-hybridized carbons (Fsp3) is 0.417. The molecule has 4 rings (SSSR count). The molecule has 1 saturated heterocycles. The van der Waals surface area contributed by atoms with Gasteiger partial charge in [0.1, 0.15) is 11.3 Å². The number of nitrogens with one attached hydrogen (secondary N) is 1. The van der Waals surface area contributed by atoms with E-state index in [9.17, 15) is 9.59 Å². The van der Waals surface area contributed by atoms with Gasteiger partial charge in [0.2, 0.25) is 0 Å². The number of piperidine rings is 1. The van der Waals surface area contributed by atoms with E-state index in [-0.39, 0.29) is 18.0 Å². The molecule has 0 aliphatic carbocycles. The van der Waals surface area contributed by atoms with Crippen LogP contribution in [0.1, 0.15) is 44.1 Å². The van der Waals surface area contributed by atoms with Crippen LogP contribution in [0.25, 0.3) is 21.7 Å². The van der Waals surface area contributed by atoms with Crippen molar-refractivity contribution in [3.05, 3.63) is 48.2 Å². The van der Waals surface area contributed by atoms with E-state index in [0.29, 0.717) is 18.8 Å². The Labute approximate surface area is 176 Å². The molecule has 6 nitrogen and oxygen atoms in total. The number of aromatic amines is 1. The van der Waals surface area contributed by atoms with Gasteiger partial charge >= 0.3 is 6.09 Å². The van der Waals surface area contributed by atoms with Crippen molar-refractivity contribution in [2.75, 3.05) is 20.1 Å². The Morgan fingerprint density at radius 2 is 1.77 bits per heavy atom. The molecule has 0 spiro atoms. The maximum Gasteiger partial charge on any atom is 0.410 e. The lowest BCUT2D eigenvalue weighted by atomic mass is 10.0. The van der Waals surface area contributed by atoms with Crippen LogP contribution in [-0.2, 0) is 4.74 Å². The third-order valence-corrected chi connectivity index (χ3v) is 5.74. The first-order valence-corrected chi connectivity index (χ1v) is 10.5. The van der Waals surface area contributed by atoms with Gasteiger partial charge in [-0.1, -0.05) is 30.3 Å². The van der Waals surface area contributed by atoms with Crippen molar-refractivity contribution in [1.82, 2.24) is 14.8 Å². The summed E-state index contributed by atoms with van der Waals surface area (Å²) in [4.78, 5) is 32.2. The summed E-state index contributed by atoms with van der Waals surface area (Å²) in [5.74, 6) is 0.00801. The van der Waals surface area contributed by atoms with E-state index in [1.807, 2.05) is 49.9 Å². The van der Waals surface area contributed by atoms with Gasteiger partial charge in [-0.05, 0) is 56.5 Å². The molecule has 3 aromatic rings. The van der Waals surface area contributed by atoms with Crippen molar-refractivity contribution in [3.63, 3.8) is 0 Å². The molecule has 1 fully saturated rings. The Bertz CT molecular complexity index is 1090. The van der Waals surface area contributed by atoms with Crippen molar-refractivity contribution < 1.29 is 14.3 Å². The molecule has 1 N–H and O–H groups in total. The number of ether oxygens (including phenoxy) is 1. The van der Waals surface area contributed by atoms with Crippen molar-refractivity contribution >= 4 is 33.7 Å². The Morgan fingerprint density at radius 3 is 2.47 bits per heavy atom. The number of H-pyrrole nitrogens is 1. The van der Waals surface area contributed by atoms with Crippen LogP contribution in [0.4, 0.5) is 4.79 Å². The maximum atomic E-state index is 13.1. The smallest absolute Gasteiger partial charge is 0.410 e. The van der Waals surface area contributed by atoms with Crippen LogP contribution in [-0.4, -0.2) is 58.6 Å². The number of rotatable bonds is 2. The Morgan fingerprint density at radius 1 is 1.07 bits per heavy atom. The lowest BCUT2D eigenvalue weighted by Gasteiger charge is -2.37. The van der Waals surface area contributed by atoms with Crippen LogP contribution < -0.4 is 0 Å². The molecule has 0 radical (unpaired) electrons. The number of fused-ring (bicyclic) bond motifs is 3. The quantitative estimate of drug-likeness (QED) is 0.664. The number of hydrogen-bond donors (Lipinski definition) is 1. The van der Waals surface area contributed by atoms with Gasteiger partial charge in [0.15, 0.2) is 0 Å². The number of likely N-dealkylation sites (tertiary alicyclic amines) is 1. The minimum atomic E-state index is -0.512. The van der Waals surface area contributed by atoms with Gasteiger partial charge in [0.05, 0.1) is 0 Å². The third kappa shape index (κ3) is 3.99. The van der Waals surface area contributed by atoms with Crippen molar-refractivity contribution in [2.45, 2.75) is 45.3 Å². The van der Waals surface area contributed by atoms with Crippen LogP contribution in [0.2, 0.25) is 0 Å². The molecule has 30 heavy (non-hydrogen) atoms. The molecule has 1 aromatic heterocycles. The molecule has 1 aliphatic rings. The van der Waals surface area contributed by atoms with E-state index in [2.05, 4.69) is 23.2 Å². The van der Waals surface area contributed by atoms with Gasteiger partial charge in [-0.3, -0.25) is 4.79 Å². The van der Waals surface area contributed by atoms with E-state index >= 15 is 0 Å². The Kier molecular flexibility index (Phi) is 5.18. The minimum Gasteiger partial charge on any atom is -0.444 e. The number of carbonyl (C=O) groups is 2. The Hall–Kier alpha value is -3.02. The highest BCUT2D eigenvalue weighted by Gasteiger charge is 2.30. The van der Waals surface area contributed by atoms with Gasteiger partial charge < -0.3 is 19.5 Å². The molecule has 6 heteroatoms. The number of aromatic nitrogens is 1. The third-order valence-electron chi connectivity index (χ3n) is 5.74. The van der Waals surface area contributed by atoms with Crippen molar-refractivity contribution in [3.8, 4) is 0 Å². The van der Waals surface area contributed by atoms with Crippen molar-refractivity contribution in [2.24, 2.45) is 0 Å². The summed E-state index contributed by atoms with van der Waals surface area (Å²) in [6.45, 7) is 6.83. The number of amides is 2. The molecule has 2 heterocycles. The summed E-state index contributed by atoms with van der Waals surface area (Å²) in [7, 11) is 1.78. The fourth-order valence-electron chi connectivity index (χ4n) is 4.11. The van der Waals surface area contributed by atoms with Gasteiger partial charge in [-0.2, -0.15) is 0 Å². The average molecular weight is 408 g/mol. The van der Waals surface area contributed by atoms with Gasteiger partial charge in [-0.15, -0.1) is 0 Å². The average Bonchev–Trinajstić information content (AvgIpc) is 3.16. The van der Waals surface area contributed by atoms with Crippen LogP contribution >= 0.6 is 0 Å². The predicted octanol–water partition coefficient (Wildman–Crippen LogP) is 4.79. The number of hydrogen-bond acceptors (Lipinski definition) is 3. The molecular formula is C24H29N3O3. The van der Waals surface area contributed by atoms with E-state index in [4.69, 9.17) is 4.74 Å². The molecule has 0 atom stereocenters. The van der Waals surface area contributed by atoms with Crippen LogP contribution in [0, 0.1) is 0 Å². The zero-order chi connectivity index (χ0) is 21.5. The highest BCUT2D eigenvalue weighted by Crippen LogP contribution is 2.27.